The molecule has 2 unspecified atom stereocenters. The molecule has 4 rings (SSSR count). The van der Waals surface area contributed by atoms with Gasteiger partial charge in [0.25, 0.3) is 0 Å². The van der Waals surface area contributed by atoms with Crippen molar-refractivity contribution in [3.8, 4) is 0 Å². The predicted molar refractivity (Wildman–Crippen MR) is 110 cm³/mol. The summed E-state index contributed by atoms with van der Waals surface area (Å²) in [5, 5.41) is 3.88. The summed E-state index contributed by atoms with van der Waals surface area (Å²) in [6.45, 7) is 2.83. The van der Waals surface area contributed by atoms with Crippen LogP contribution in [-0.2, 0) is 12.8 Å². The van der Waals surface area contributed by atoms with Crippen molar-refractivity contribution in [3.05, 3.63) is 59.2 Å². The zero-order valence-corrected chi connectivity index (χ0v) is 16.0. The molecule has 4 N–H and O–H groups in total. The smallest absolute Gasteiger partial charge is 0.108 e. The van der Waals surface area contributed by atoms with E-state index in [-0.39, 0.29) is 0 Å². The summed E-state index contributed by atoms with van der Waals surface area (Å²) < 4.78 is 0. The first-order valence-electron chi connectivity index (χ1n) is 10.1. The van der Waals surface area contributed by atoms with Crippen LogP contribution in [0.25, 0.3) is 11.0 Å². The number of nitrogens with zero attached hydrogens (tertiary/aromatic N) is 2. The molecule has 27 heavy (non-hydrogen) atoms. The fraction of sp³-hybridized carbons (Fsp3) is 0.455. The van der Waals surface area contributed by atoms with Crippen LogP contribution >= 0.6 is 0 Å². The second-order valence-electron chi connectivity index (χ2n) is 7.65. The van der Waals surface area contributed by atoms with Crippen molar-refractivity contribution in [2.24, 2.45) is 5.73 Å². The summed E-state index contributed by atoms with van der Waals surface area (Å²) >= 11 is 0. The second kappa shape index (κ2) is 8.19. The number of rotatable bonds is 7. The first-order valence-corrected chi connectivity index (χ1v) is 10.1. The SMILES string of the molecule is Cc1cccc2[nH]c(CC(CCCN)NC3CCCc4cccnc43)nc12. The van der Waals surface area contributed by atoms with Crippen molar-refractivity contribution in [3.63, 3.8) is 0 Å². The fourth-order valence-electron chi connectivity index (χ4n) is 4.22. The lowest BCUT2D eigenvalue weighted by Gasteiger charge is -2.29. The Morgan fingerprint density at radius 3 is 3.07 bits per heavy atom. The lowest BCUT2D eigenvalue weighted by Crippen LogP contribution is -2.37. The molecule has 1 aliphatic carbocycles. The average Bonchev–Trinajstić information content (AvgIpc) is 3.10. The van der Waals surface area contributed by atoms with E-state index in [1.165, 1.54) is 23.2 Å². The molecular formula is C22H29N5. The predicted octanol–water partition coefficient (Wildman–Crippen LogP) is 3.58. The lowest BCUT2D eigenvalue weighted by molar-refractivity contribution is 0.363. The fourth-order valence-corrected chi connectivity index (χ4v) is 4.22. The van der Waals surface area contributed by atoms with Gasteiger partial charge < -0.3 is 16.0 Å². The molecule has 0 spiro atoms. The third-order valence-corrected chi connectivity index (χ3v) is 5.59. The first kappa shape index (κ1) is 18.1. The molecule has 0 saturated heterocycles. The number of H-pyrrole nitrogens is 1. The Morgan fingerprint density at radius 1 is 1.30 bits per heavy atom. The summed E-state index contributed by atoms with van der Waals surface area (Å²) in [6, 6.07) is 11.2. The standard InChI is InChI=1S/C22H29N5/c1-15-6-2-10-18-21(15)27-20(26-18)14-17(9-4-12-23)25-19-11-3-7-16-8-5-13-24-22(16)19/h2,5-6,8,10,13,17,19,25H,3-4,7,9,11-12,14,23H2,1H3,(H,26,27). The third kappa shape index (κ3) is 4.04. The molecule has 3 aromatic rings. The number of para-hydroxylation sites is 1. The molecule has 0 amide bonds. The zero-order chi connectivity index (χ0) is 18.6. The second-order valence-corrected chi connectivity index (χ2v) is 7.65. The topological polar surface area (TPSA) is 79.6 Å². The summed E-state index contributed by atoms with van der Waals surface area (Å²) in [7, 11) is 0. The number of aromatic amines is 1. The Labute approximate surface area is 160 Å². The molecule has 0 bridgehead atoms. The number of hydrogen-bond donors (Lipinski definition) is 3. The summed E-state index contributed by atoms with van der Waals surface area (Å²) in [5.74, 6) is 1.05. The molecule has 5 nitrogen and oxygen atoms in total. The maximum Gasteiger partial charge on any atom is 0.108 e. The van der Waals surface area contributed by atoms with Gasteiger partial charge in [-0.2, -0.15) is 0 Å². The van der Waals surface area contributed by atoms with E-state index in [1.807, 2.05) is 12.3 Å². The number of aromatic nitrogens is 3. The molecule has 2 heterocycles. The maximum absolute atomic E-state index is 5.80. The summed E-state index contributed by atoms with van der Waals surface area (Å²) in [5.41, 5.74) is 11.8. The van der Waals surface area contributed by atoms with Crippen LogP contribution in [0.2, 0.25) is 0 Å². The van der Waals surface area contributed by atoms with Crippen molar-refractivity contribution in [1.82, 2.24) is 20.3 Å². The monoisotopic (exact) mass is 363 g/mol. The number of aryl methyl sites for hydroxylation is 2. The lowest BCUT2D eigenvalue weighted by atomic mass is 9.91. The van der Waals surface area contributed by atoms with Crippen molar-refractivity contribution < 1.29 is 0 Å². The normalized spacial score (nSPS) is 17.8. The minimum atomic E-state index is 0.323. The molecule has 2 atom stereocenters. The van der Waals surface area contributed by atoms with Crippen molar-refractivity contribution >= 4 is 11.0 Å². The van der Waals surface area contributed by atoms with Crippen LogP contribution in [0.5, 0.6) is 0 Å². The highest BCUT2D eigenvalue weighted by Gasteiger charge is 2.24. The molecule has 0 fully saturated rings. The molecule has 0 radical (unpaired) electrons. The number of nitrogens with two attached hydrogens (primary N) is 1. The van der Waals surface area contributed by atoms with Crippen molar-refractivity contribution in [1.29, 1.82) is 0 Å². The van der Waals surface area contributed by atoms with E-state index in [1.54, 1.807) is 0 Å². The molecular weight excluding hydrogens is 334 g/mol. The molecule has 1 aliphatic rings. The Bertz CT molecular complexity index is 901. The highest BCUT2D eigenvalue weighted by Crippen LogP contribution is 2.29. The van der Waals surface area contributed by atoms with Gasteiger partial charge in [-0.25, -0.2) is 4.98 Å². The van der Waals surface area contributed by atoms with Crippen LogP contribution < -0.4 is 11.1 Å². The highest BCUT2D eigenvalue weighted by molar-refractivity contribution is 5.78. The molecule has 0 saturated carbocycles. The minimum absolute atomic E-state index is 0.323. The van der Waals surface area contributed by atoms with E-state index in [2.05, 4.69) is 46.5 Å². The number of benzene rings is 1. The van der Waals surface area contributed by atoms with Crippen LogP contribution in [0.3, 0.4) is 0 Å². The maximum atomic E-state index is 5.80. The van der Waals surface area contributed by atoms with Gasteiger partial charge in [-0.1, -0.05) is 18.2 Å². The molecule has 142 valence electrons. The molecule has 2 aromatic heterocycles. The van der Waals surface area contributed by atoms with Gasteiger partial charge in [-0.15, -0.1) is 0 Å². The molecule has 1 aromatic carbocycles. The summed E-state index contributed by atoms with van der Waals surface area (Å²) in [4.78, 5) is 13.0. The van der Waals surface area contributed by atoms with Gasteiger partial charge in [0.05, 0.1) is 16.7 Å². The highest BCUT2D eigenvalue weighted by atomic mass is 15.0. The van der Waals surface area contributed by atoms with Gasteiger partial charge >= 0.3 is 0 Å². The number of nitrogens with one attached hydrogen (secondary N) is 2. The van der Waals surface area contributed by atoms with E-state index >= 15 is 0 Å². The number of pyridine rings is 1. The van der Waals surface area contributed by atoms with Crippen LogP contribution in [0.4, 0.5) is 0 Å². The van der Waals surface area contributed by atoms with Crippen molar-refractivity contribution in [2.75, 3.05) is 6.54 Å². The van der Waals surface area contributed by atoms with Crippen LogP contribution in [-0.4, -0.2) is 27.5 Å². The number of fused-ring (bicyclic) bond motifs is 2. The Hall–Kier alpha value is -2.24. The summed E-state index contributed by atoms with van der Waals surface area (Å²) in [6.07, 6.45) is 8.34. The van der Waals surface area contributed by atoms with Crippen LogP contribution in [0.15, 0.2) is 36.5 Å². The van der Waals surface area contributed by atoms with E-state index in [0.29, 0.717) is 12.1 Å². The minimum Gasteiger partial charge on any atom is -0.342 e. The van der Waals surface area contributed by atoms with E-state index in [9.17, 15) is 0 Å². The zero-order valence-electron chi connectivity index (χ0n) is 16.0. The quantitative estimate of drug-likeness (QED) is 0.599. The van der Waals surface area contributed by atoms with Crippen molar-refractivity contribution in [2.45, 2.75) is 57.5 Å². The molecule has 5 heteroatoms. The van der Waals surface area contributed by atoms with Gasteiger partial charge in [0.2, 0.25) is 0 Å². The Balaban J connectivity index is 1.53. The first-order chi connectivity index (χ1) is 13.2. The van der Waals surface area contributed by atoms with Crippen LogP contribution in [0.1, 0.15) is 54.4 Å². The average molecular weight is 364 g/mol. The number of imidazole rings is 1. The largest absolute Gasteiger partial charge is 0.342 e. The van der Waals surface area contributed by atoms with Gasteiger partial charge in [0.15, 0.2) is 0 Å². The third-order valence-electron chi connectivity index (χ3n) is 5.59. The van der Waals surface area contributed by atoms with Gasteiger partial charge in [-0.05, 0) is 68.8 Å². The van der Waals surface area contributed by atoms with Gasteiger partial charge in [0, 0.05) is 24.7 Å². The van der Waals surface area contributed by atoms with E-state index < -0.39 is 0 Å². The van der Waals surface area contributed by atoms with Crippen LogP contribution in [0, 0.1) is 6.92 Å². The molecule has 0 aliphatic heterocycles. The van der Waals surface area contributed by atoms with E-state index in [0.717, 1.165) is 55.5 Å². The van der Waals surface area contributed by atoms with E-state index in [4.69, 9.17) is 10.7 Å². The van der Waals surface area contributed by atoms with Gasteiger partial charge in [-0.3, -0.25) is 4.98 Å². The number of hydrogen-bond acceptors (Lipinski definition) is 4. The van der Waals surface area contributed by atoms with Gasteiger partial charge in [0.1, 0.15) is 5.82 Å². The Kier molecular flexibility index (Phi) is 5.50. The Morgan fingerprint density at radius 2 is 2.22 bits per heavy atom.